The second-order valence-corrected chi connectivity index (χ2v) is 2.31. The fourth-order valence-corrected chi connectivity index (χ4v) is 0.946. The minimum Gasteiger partial charge on any atom is -0.479 e. The molecule has 0 aliphatic carbocycles. The number of aliphatic hydroxyl groups excluding tert-OH is 1. The molecule has 0 bridgehead atoms. The molecule has 0 amide bonds. The summed E-state index contributed by atoms with van der Waals surface area (Å²) in [7, 11) is 0. The first-order valence-electron chi connectivity index (χ1n) is 3.58. The number of nitrogens with zero attached hydrogens (tertiary/aromatic N) is 2. The van der Waals surface area contributed by atoms with Gasteiger partial charge in [-0.1, -0.05) is 0 Å². The molecule has 66 valence electrons. The van der Waals surface area contributed by atoms with Crippen molar-refractivity contribution in [2.75, 3.05) is 0 Å². The van der Waals surface area contributed by atoms with Gasteiger partial charge in [0.1, 0.15) is 5.82 Å². The van der Waals surface area contributed by atoms with E-state index < -0.39 is 12.1 Å². The van der Waals surface area contributed by atoms with Gasteiger partial charge < -0.3 is 14.8 Å². The van der Waals surface area contributed by atoms with Crippen LogP contribution in [0.5, 0.6) is 0 Å². The number of hydrogen-bond donors (Lipinski definition) is 2. The fourth-order valence-electron chi connectivity index (χ4n) is 0.946. The fraction of sp³-hybridized carbons (Fsp3) is 0.429. The van der Waals surface area contributed by atoms with Crippen LogP contribution in [-0.4, -0.2) is 25.7 Å². The van der Waals surface area contributed by atoms with E-state index in [1.807, 2.05) is 6.92 Å². The van der Waals surface area contributed by atoms with E-state index in [0.29, 0.717) is 6.54 Å². The Labute approximate surface area is 69.3 Å². The summed E-state index contributed by atoms with van der Waals surface area (Å²) in [5, 5.41) is 17.6. The van der Waals surface area contributed by atoms with Gasteiger partial charge in [-0.3, -0.25) is 0 Å². The summed E-state index contributed by atoms with van der Waals surface area (Å²) in [5.41, 5.74) is 0. The van der Waals surface area contributed by atoms with E-state index in [0.717, 1.165) is 0 Å². The van der Waals surface area contributed by atoms with Gasteiger partial charge in [-0.25, -0.2) is 9.78 Å². The van der Waals surface area contributed by atoms with Crippen LogP contribution in [0.3, 0.4) is 0 Å². The molecule has 5 nitrogen and oxygen atoms in total. The lowest BCUT2D eigenvalue weighted by Crippen LogP contribution is -2.15. The summed E-state index contributed by atoms with van der Waals surface area (Å²) in [4.78, 5) is 14.1. The lowest BCUT2D eigenvalue weighted by atomic mass is 10.3. The van der Waals surface area contributed by atoms with Crippen molar-refractivity contribution in [1.29, 1.82) is 0 Å². The smallest absolute Gasteiger partial charge is 0.340 e. The van der Waals surface area contributed by atoms with Crippen LogP contribution in [0.15, 0.2) is 12.4 Å². The van der Waals surface area contributed by atoms with Crippen LogP contribution >= 0.6 is 0 Å². The van der Waals surface area contributed by atoms with Crippen LogP contribution in [0, 0.1) is 0 Å². The Hall–Kier alpha value is -1.36. The Balaban J connectivity index is 2.93. The minimum absolute atomic E-state index is 0.171. The summed E-state index contributed by atoms with van der Waals surface area (Å²) in [6.07, 6.45) is 1.56. The van der Waals surface area contributed by atoms with Gasteiger partial charge >= 0.3 is 5.97 Å². The molecule has 1 aromatic rings. The molecule has 1 atom stereocenters. The summed E-state index contributed by atoms with van der Waals surface area (Å²) >= 11 is 0. The number of imidazole rings is 1. The number of aromatic nitrogens is 2. The quantitative estimate of drug-likeness (QED) is 0.670. The van der Waals surface area contributed by atoms with Gasteiger partial charge in [0.15, 0.2) is 0 Å². The number of carboxylic acids is 1. The number of aliphatic carboxylic acids is 1. The van der Waals surface area contributed by atoms with E-state index in [-0.39, 0.29) is 5.82 Å². The zero-order valence-corrected chi connectivity index (χ0v) is 6.64. The number of aliphatic hydroxyl groups is 1. The Morgan fingerprint density at radius 2 is 2.50 bits per heavy atom. The van der Waals surface area contributed by atoms with Gasteiger partial charge in [-0.2, -0.15) is 0 Å². The summed E-state index contributed by atoms with van der Waals surface area (Å²) in [5.74, 6) is -1.11. The molecule has 1 unspecified atom stereocenters. The first-order valence-corrected chi connectivity index (χ1v) is 3.58. The highest BCUT2D eigenvalue weighted by molar-refractivity contribution is 5.72. The van der Waals surface area contributed by atoms with Crippen molar-refractivity contribution in [2.45, 2.75) is 19.6 Å². The highest BCUT2D eigenvalue weighted by Gasteiger charge is 2.20. The maximum Gasteiger partial charge on any atom is 0.340 e. The standard InChI is InChI=1S/C7H10N2O3/c1-2-9-4-3-8-6(9)5(10)7(11)12/h3-5,10H,2H2,1H3,(H,11,12). The zero-order chi connectivity index (χ0) is 9.14. The van der Waals surface area contributed by atoms with Crippen molar-refractivity contribution >= 4 is 5.97 Å². The van der Waals surface area contributed by atoms with E-state index in [9.17, 15) is 4.79 Å². The van der Waals surface area contributed by atoms with Gasteiger partial charge in [-0.05, 0) is 6.92 Å². The van der Waals surface area contributed by atoms with E-state index in [1.54, 1.807) is 10.8 Å². The SMILES string of the molecule is CCn1ccnc1C(O)C(=O)O. The molecule has 1 aromatic heterocycles. The topological polar surface area (TPSA) is 75.3 Å². The Bertz CT molecular complexity index is 282. The minimum atomic E-state index is -1.53. The molecule has 0 aliphatic heterocycles. The molecule has 0 aromatic carbocycles. The second kappa shape index (κ2) is 3.36. The Morgan fingerprint density at radius 3 is 3.00 bits per heavy atom. The second-order valence-electron chi connectivity index (χ2n) is 2.31. The predicted molar refractivity (Wildman–Crippen MR) is 40.5 cm³/mol. The van der Waals surface area contributed by atoms with E-state index in [1.165, 1.54) is 6.20 Å². The molecule has 0 aliphatic rings. The molecule has 0 radical (unpaired) electrons. The van der Waals surface area contributed by atoms with Crippen molar-refractivity contribution in [2.24, 2.45) is 0 Å². The molecule has 0 fully saturated rings. The first kappa shape index (κ1) is 8.73. The maximum absolute atomic E-state index is 10.4. The molecule has 0 saturated carbocycles. The number of carboxylic acid groups (broad SMARTS) is 1. The third kappa shape index (κ3) is 1.45. The van der Waals surface area contributed by atoms with Crippen LogP contribution in [0.2, 0.25) is 0 Å². The van der Waals surface area contributed by atoms with Crippen molar-refractivity contribution in [3.05, 3.63) is 18.2 Å². The monoisotopic (exact) mass is 170 g/mol. The highest BCUT2D eigenvalue weighted by Crippen LogP contribution is 2.09. The van der Waals surface area contributed by atoms with Crippen LogP contribution in [-0.2, 0) is 11.3 Å². The molecule has 5 heteroatoms. The summed E-state index contributed by atoms with van der Waals surface area (Å²) in [6, 6.07) is 0. The summed E-state index contributed by atoms with van der Waals surface area (Å²) < 4.78 is 1.58. The number of hydrogen-bond acceptors (Lipinski definition) is 3. The number of rotatable bonds is 3. The van der Waals surface area contributed by atoms with Crippen molar-refractivity contribution in [3.8, 4) is 0 Å². The molecular weight excluding hydrogens is 160 g/mol. The van der Waals surface area contributed by atoms with Crippen LogP contribution < -0.4 is 0 Å². The van der Waals surface area contributed by atoms with Crippen molar-refractivity contribution in [3.63, 3.8) is 0 Å². The van der Waals surface area contributed by atoms with Crippen molar-refractivity contribution < 1.29 is 15.0 Å². The number of carbonyl (C=O) groups is 1. The molecule has 1 rings (SSSR count). The third-order valence-electron chi connectivity index (χ3n) is 1.57. The highest BCUT2D eigenvalue weighted by atomic mass is 16.4. The molecule has 0 spiro atoms. The molecular formula is C7H10N2O3. The lowest BCUT2D eigenvalue weighted by molar-refractivity contribution is -0.147. The average Bonchev–Trinajstić information content (AvgIpc) is 2.49. The van der Waals surface area contributed by atoms with Crippen LogP contribution in [0.1, 0.15) is 18.9 Å². The lowest BCUT2D eigenvalue weighted by Gasteiger charge is -2.06. The molecule has 0 saturated heterocycles. The van der Waals surface area contributed by atoms with Crippen LogP contribution in [0.25, 0.3) is 0 Å². The first-order chi connectivity index (χ1) is 5.66. The predicted octanol–water partition coefficient (Wildman–Crippen LogP) is 0.0210. The van der Waals surface area contributed by atoms with Crippen LogP contribution in [0.4, 0.5) is 0 Å². The molecule has 1 heterocycles. The van der Waals surface area contributed by atoms with Gasteiger partial charge in [0.05, 0.1) is 0 Å². The largest absolute Gasteiger partial charge is 0.479 e. The normalized spacial score (nSPS) is 12.8. The van der Waals surface area contributed by atoms with E-state index >= 15 is 0 Å². The van der Waals surface area contributed by atoms with Gasteiger partial charge in [-0.15, -0.1) is 0 Å². The summed E-state index contributed by atoms with van der Waals surface area (Å²) in [6.45, 7) is 2.44. The molecule has 12 heavy (non-hydrogen) atoms. The molecule has 2 N–H and O–H groups in total. The maximum atomic E-state index is 10.4. The van der Waals surface area contributed by atoms with Crippen molar-refractivity contribution in [1.82, 2.24) is 9.55 Å². The average molecular weight is 170 g/mol. The van der Waals surface area contributed by atoms with Gasteiger partial charge in [0.25, 0.3) is 0 Å². The van der Waals surface area contributed by atoms with Gasteiger partial charge in [0.2, 0.25) is 6.10 Å². The van der Waals surface area contributed by atoms with E-state index in [2.05, 4.69) is 4.98 Å². The Kier molecular flexibility index (Phi) is 2.44. The third-order valence-corrected chi connectivity index (χ3v) is 1.57. The zero-order valence-electron chi connectivity index (χ0n) is 6.64. The van der Waals surface area contributed by atoms with Gasteiger partial charge in [0, 0.05) is 18.9 Å². The Morgan fingerprint density at radius 1 is 1.83 bits per heavy atom. The van der Waals surface area contributed by atoms with E-state index in [4.69, 9.17) is 10.2 Å². The number of aryl methyl sites for hydroxylation is 1.